The minimum atomic E-state index is -0.120. The van der Waals surface area contributed by atoms with Crippen LogP contribution in [0, 0.1) is 0 Å². The molecule has 1 saturated heterocycles. The topological polar surface area (TPSA) is 79.5 Å². The third kappa shape index (κ3) is 3.82. The maximum Gasteiger partial charge on any atom is 0.232 e. The maximum absolute atomic E-state index is 13.1. The van der Waals surface area contributed by atoms with E-state index in [0.717, 1.165) is 54.8 Å². The Labute approximate surface area is 181 Å². The van der Waals surface area contributed by atoms with Gasteiger partial charge in [0.05, 0.1) is 28.9 Å². The van der Waals surface area contributed by atoms with Crippen molar-refractivity contribution >= 4 is 22.8 Å². The molecule has 1 aromatic heterocycles. The molecule has 0 unspecified atom stereocenters. The molecule has 0 saturated carbocycles. The summed E-state index contributed by atoms with van der Waals surface area (Å²) in [5.41, 5.74) is 3.14. The van der Waals surface area contributed by atoms with E-state index in [1.54, 1.807) is 6.08 Å². The molecule has 0 spiro atoms. The van der Waals surface area contributed by atoms with Crippen molar-refractivity contribution in [2.45, 2.75) is 19.9 Å². The van der Waals surface area contributed by atoms with Crippen LogP contribution in [-0.4, -0.2) is 53.7 Å². The summed E-state index contributed by atoms with van der Waals surface area (Å²) in [5.74, 6) is 1.58. The van der Waals surface area contributed by atoms with Gasteiger partial charge >= 0.3 is 0 Å². The molecule has 2 aliphatic rings. The summed E-state index contributed by atoms with van der Waals surface area (Å²) >= 11 is 0. The first kappa shape index (κ1) is 19.8. The highest BCUT2D eigenvalue weighted by Gasteiger charge is 2.32. The zero-order chi connectivity index (χ0) is 21.2. The monoisotopic (exact) mass is 418 g/mol. The number of nitrogens with zero attached hydrogens (tertiary/aromatic N) is 2. The maximum atomic E-state index is 13.1. The van der Waals surface area contributed by atoms with Crippen LogP contribution in [0.5, 0.6) is 11.5 Å². The zero-order valence-electron chi connectivity index (χ0n) is 17.6. The minimum Gasteiger partial charge on any atom is -0.493 e. The van der Waals surface area contributed by atoms with Gasteiger partial charge in [-0.1, -0.05) is 25.1 Å². The number of H-pyrrole nitrogens is 1. The fourth-order valence-corrected chi connectivity index (χ4v) is 4.10. The van der Waals surface area contributed by atoms with Crippen LogP contribution >= 0.6 is 0 Å². The smallest absolute Gasteiger partial charge is 0.232 e. The Morgan fingerprint density at radius 3 is 2.87 bits per heavy atom. The molecule has 3 heterocycles. The van der Waals surface area contributed by atoms with Crippen molar-refractivity contribution < 1.29 is 14.3 Å². The Hall–Kier alpha value is -3.16. The average molecular weight is 418 g/mol. The van der Waals surface area contributed by atoms with Gasteiger partial charge < -0.3 is 14.8 Å². The second-order valence-electron chi connectivity index (χ2n) is 7.89. The number of hydrogen-bond acceptors (Lipinski definition) is 6. The predicted molar refractivity (Wildman–Crippen MR) is 119 cm³/mol. The summed E-state index contributed by atoms with van der Waals surface area (Å²) in [6.45, 7) is 7.21. The summed E-state index contributed by atoms with van der Waals surface area (Å²) in [5, 5.41) is 11.7. The van der Waals surface area contributed by atoms with Crippen molar-refractivity contribution in [3.8, 4) is 11.5 Å². The lowest BCUT2D eigenvalue weighted by atomic mass is 10.0. The van der Waals surface area contributed by atoms with Crippen LogP contribution in [0.1, 0.15) is 35.0 Å². The van der Waals surface area contributed by atoms with E-state index in [2.05, 4.69) is 27.3 Å². The van der Waals surface area contributed by atoms with Gasteiger partial charge in [-0.15, -0.1) is 0 Å². The molecule has 3 aromatic rings. The Balaban J connectivity index is 1.51. The molecule has 0 radical (unpaired) electrons. The van der Waals surface area contributed by atoms with Gasteiger partial charge in [-0.2, -0.15) is 5.10 Å². The number of allylic oxidation sites excluding steroid dienone is 1. The lowest BCUT2D eigenvalue weighted by molar-refractivity contribution is 0.101. The lowest BCUT2D eigenvalue weighted by Crippen LogP contribution is -2.43. The number of Topliss-reactive ketones (excluding diaryl/α,β-unsaturated/α-hetero) is 1. The van der Waals surface area contributed by atoms with Gasteiger partial charge in [0, 0.05) is 44.2 Å². The number of para-hydroxylation sites is 1. The third-order valence-corrected chi connectivity index (χ3v) is 5.72. The largest absolute Gasteiger partial charge is 0.493 e. The van der Waals surface area contributed by atoms with Gasteiger partial charge in [-0.25, -0.2) is 0 Å². The normalized spacial score (nSPS) is 17.8. The summed E-state index contributed by atoms with van der Waals surface area (Å²) in [6, 6.07) is 11.6. The standard InChI is InChI=1S/C24H26N4O3/c1-2-13-30-21-8-7-17-23(29)22(14-20-16-5-3-4-6-19(16)26-27-20)31-24(17)18(21)15-28-11-9-25-10-12-28/h3-8,14,25H,2,9-13,15H2,1H3,(H,26,27)/b22-14-. The Kier molecular flexibility index (Phi) is 5.44. The molecule has 7 heteroatoms. The van der Waals surface area contributed by atoms with Crippen molar-refractivity contribution in [1.29, 1.82) is 0 Å². The molecular formula is C24H26N4O3. The van der Waals surface area contributed by atoms with E-state index in [4.69, 9.17) is 9.47 Å². The molecule has 2 N–H and O–H groups in total. The molecule has 0 atom stereocenters. The van der Waals surface area contributed by atoms with E-state index in [9.17, 15) is 4.79 Å². The fraction of sp³-hybridized carbons (Fsp3) is 0.333. The number of carbonyl (C=O) groups excluding carboxylic acids is 1. The second-order valence-corrected chi connectivity index (χ2v) is 7.89. The average Bonchev–Trinajstić information content (AvgIpc) is 3.35. The molecule has 5 rings (SSSR count). The van der Waals surface area contributed by atoms with Crippen LogP contribution in [0.25, 0.3) is 17.0 Å². The molecule has 0 bridgehead atoms. The van der Waals surface area contributed by atoms with E-state index in [1.165, 1.54) is 0 Å². The number of aromatic nitrogens is 2. The van der Waals surface area contributed by atoms with Crippen LogP contribution in [-0.2, 0) is 6.54 Å². The predicted octanol–water partition coefficient (Wildman–Crippen LogP) is 3.37. The highest BCUT2D eigenvalue weighted by atomic mass is 16.5. The molecule has 2 aromatic carbocycles. The van der Waals surface area contributed by atoms with Gasteiger partial charge in [-0.05, 0) is 24.6 Å². The highest BCUT2D eigenvalue weighted by Crippen LogP contribution is 2.41. The van der Waals surface area contributed by atoms with Gasteiger partial charge in [0.25, 0.3) is 0 Å². The van der Waals surface area contributed by atoms with Crippen LogP contribution in [0.3, 0.4) is 0 Å². The van der Waals surface area contributed by atoms with E-state index in [0.29, 0.717) is 35.9 Å². The van der Waals surface area contributed by atoms with E-state index >= 15 is 0 Å². The zero-order valence-corrected chi connectivity index (χ0v) is 17.6. The Morgan fingerprint density at radius 1 is 1.19 bits per heavy atom. The SMILES string of the molecule is CCCOc1ccc2c(c1CN1CCNCC1)O/C(=C\c1n[nH]c3ccccc13)C2=O. The van der Waals surface area contributed by atoms with Crippen molar-refractivity contribution in [3.63, 3.8) is 0 Å². The number of carbonyl (C=O) groups is 1. The number of benzene rings is 2. The molecule has 160 valence electrons. The first-order chi connectivity index (χ1) is 15.2. The number of nitrogens with one attached hydrogen (secondary N) is 2. The third-order valence-electron chi connectivity index (χ3n) is 5.72. The van der Waals surface area contributed by atoms with Crippen molar-refractivity contribution in [2.24, 2.45) is 0 Å². The van der Waals surface area contributed by atoms with Crippen molar-refractivity contribution in [2.75, 3.05) is 32.8 Å². The molecule has 2 aliphatic heterocycles. The molecule has 0 amide bonds. The first-order valence-corrected chi connectivity index (χ1v) is 10.8. The molecule has 1 fully saturated rings. The summed E-state index contributed by atoms with van der Waals surface area (Å²) in [4.78, 5) is 15.5. The number of rotatable bonds is 6. The minimum absolute atomic E-state index is 0.120. The first-order valence-electron chi connectivity index (χ1n) is 10.8. The van der Waals surface area contributed by atoms with Crippen molar-refractivity contribution in [1.82, 2.24) is 20.4 Å². The quantitative estimate of drug-likeness (QED) is 0.598. The van der Waals surface area contributed by atoms with Gasteiger partial charge in [0.15, 0.2) is 5.76 Å². The second kappa shape index (κ2) is 8.53. The van der Waals surface area contributed by atoms with Gasteiger partial charge in [0.1, 0.15) is 11.5 Å². The van der Waals surface area contributed by atoms with E-state index < -0.39 is 0 Å². The molecular weight excluding hydrogens is 392 g/mol. The highest BCUT2D eigenvalue weighted by molar-refractivity contribution is 6.15. The number of ether oxygens (including phenoxy) is 2. The molecule has 31 heavy (non-hydrogen) atoms. The van der Waals surface area contributed by atoms with Crippen LogP contribution in [0.15, 0.2) is 42.2 Å². The number of aromatic amines is 1. The Bertz CT molecular complexity index is 1140. The number of ketones is 1. The van der Waals surface area contributed by atoms with E-state index in [1.807, 2.05) is 36.4 Å². The number of fused-ring (bicyclic) bond motifs is 2. The lowest BCUT2D eigenvalue weighted by Gasteiger charge is -2.28. The number of hydrogen-bond donors (Lipinski definition) is 2. The van der Waals surface area contributed by atoms with Crippen LogP contribution in [0.4, 0.5) is 0 Å². The molecule has 0 aliphatic carbocycles. The van der Waals surface area contributed by atoms with Gasteiger partial charge in [0.2, 0.25) is 5.78 Å². The van der Waals surface area contributed by atoms with Gasteiger partial charge in [-0.3, -0.25) is 14.8 Å². The summed E-state index contributed by atoms with van der Waals surface area (Å²) in [6.07, 6.45) is 2.64. The van der Waals surface area contributed by atoms with Crippen LogP contribution < -0.4 is 14.8 Å². The molecule has 7 nitrogen and oxygen atoms in total. The van der Waals surface area contributed by atoms with Crippen LogP contribution in [0.2, 0.25) is 0 Å². The Morgan fingerprint density at radius 2 is 2.03 bits per heavy atom. The van der Waals surface area contributed by atoms with Crippen molar-refractivity contribution in [3.05, 3.63) is 59.0 Å². The van der Waals surface area contributed by atoms with E-state index in [-0.39, 0.29) is 5.78 Å². The fourth-order valence-electron chi connectivity index (χ4n) is 4.10. The number of piperazine rings is 1. The summed E-state index contributed by atoms with van der Waals surface area (Å²) < 4.78 is 12.2. The summed E-state index contributed by atoms with van der Waals surface area (Å²) in [7, 11) is 0.